The lowest BCUT2D eigenvalue weighted by Crippen LogP contribution is -2.45. The number of carbonyl (C=O) groups excluding carboxylic acids is 1. The van der Waals surface area contributed by atoms with E-state index in [1.54, 1.807) is 0 Å². The number of sulfonamides is 1. The van der Waals surface area contributed by atoms with Gasteiger partial charge in [0.15, 0.2) is 0 Å². The van der Waals surface area contributed by atoms with Crippen LogP contribution in [0.4, 0.5) is 0 Å². The van der Waals surface area contributed by atoms with Crippen molar-refractivity contribution in [1.82, 2.24) is 10.0 Å². The van der Waals surface area contributed by atoms with Gasteiger partial charge in [-0.1, -0.05) is 6.92 Å². The highest BCUT2D eigenvalue weighted by molar-refractivity contribution is 7.90. The van der Waals surface area contributed by atoms with Crippen molar-refractivity contribution in [3.8, 4) is 0 Å². The van der Waals surface area contributed by atoms with E-state index in [0.717, 1.165) is 13.0 Å². The molecule has 5 nitrogen and oxygen atoms in total. The molecule has 0 spiro atoms. The number of rotatable bonds is 3. The highest BCUT2D eigenvalue weighted by Crippen LogP contribution is 2.14. The molecule has 1 heterocycles. The summed E-state index contributed by atoms with van der Waals surface area (Å²) in [6, 6.07) is -0.365. The largest absolute Gasteiger partial charge is 0.306 e. The van der Waals surface area contributed by atoms with Gasteiger partial charge in [-0.3, -0.25) is 9.52 Å². The van der Waals surface area contributed by atoms with Crippen LogP contribution < -0.4 is 10.0 Å². The average Bonchev–Trinajstić information content (AvgIpc) is 2.51. The second-order valence-corrected chi connectivity index (χ2v) is 5.58. The number of nitrogens with one attached hydrogen (secondary N) is 2. The van der Waals surface area contributed by atoms with Crippen LogP contribution >= 0.6 is 0 Å². The van der Waals surface area contributed by atoms with Crippen LogP contribution in [-0.4, -0.2) is 32.7 Å². The minimum Gasteiger partial charge on any atom is -0.306 e. The summed E-state index contributed by atoms with van der Waals surface area (Å²) >= 11 is 0. The standard InChI is InChI=1S/C8H16N2O3S/c1-3-14(12,13)10-8(11)7-6(2)4-5-9-7/h6-7,9H,3-5H2,1-2H3,(H,10,11). The number of carbonyl (C=O) groups is 1. The van der Waals surface area contributed by atoms with E-state index in [1.165, 1.54) is 6.92 Å². The van der Waals surface area contributed by atoms with Crippen molar-refractivity contribution in [2.24, 2.45) is 5.92 Å². The molecule has 1 amide bonds. The smallest absolute Gasteiger partial charge is 0.250 e. The first-order chi connectivity index (χ1) is 6.46. The van der Waals surface area contributed by atoms with Crippen molar-refractivity contribution in [2.45, 2.75) is 26.3 Å². The van der Waals surface area contributed by atoms with Crippen molar-refractivity contribution < 1.29 is 13.2 Å². The van der Waals surface area contributed by atoms with Crippen LogP contribution in [0.3, 0.4) is 0 Å². The van der Waals surface area contributed by atoms with Gasteiger partial charge in [0, 0.05) is 0 Å². The summed E-state index contributed by atoms with van der Waals surface area (Å²) < 4.78 is 24.3. The summed E-state index contributed by atoms with van der Waals surface area (Å²) in [6.45, 7) is 4.20. The molecule has 1 aliphatic heterocycles. The Morgan fingerprint density at radius 3 is 2.64 bits per heavy atom. The lowest BCUT2D eigenvalue weighted by Gasteiger charge is -2.14. The summed E-state index contributed by atoms with van der Waals surface area (Å²) in [4.78, 5) is 11.5. The van der Waals surface area contributed by atoms with Crippen molar-refractivity contribution in [3.05, 3.63) is 0 Å². The van der Waals surface area contributed by atoms with Crippen LogP contribution in [0.15, 0.2) is 0 Å². The molecule has 0 bridgehead atoms. The fourth-order valence-electron chi connectivity index (χ4n) is 1.47. The van der Waals surface area contributed by atoms with Gasteiger partial charge in [0.25, 0.3) is 5.91 Å². The van der Waals surface area contributed by atoms with E-state index in [1.807, 2.05) is 11.6 Å². The van der Waals surface area contributed by atoms with Crippen molar-refractivity contribution >= 4 is 15.9 Å². The average molecular weight is 220 g/mol. The lowest BCUT2D eigenvalue weighted by atomic mass is 10.0. The van der Waals surface area contributed by atoms with Crippen molar-refractivity contribution in [1.29, 1.82) is 0 Å². The number of hydrogen-bond acceptors (Lipinski definition) is 4. The maximum atomic E-state index is 11.5. The van der Waals surface area contributed by atoms with E-state index in [-0.39, 0.29) is 17.7 Å². The number of hydrogen-bond donors (Lipinski definition) is 2. The predicted molar refractivity (Wildman–Crippen MR) is 53.2 cm³/mol. The molecule has 82 valence electrons. The highest BCUT2D eigenvalue weighted by Gasteiger charge is 2.30. The van der Waals surface area contributed by atoms with Gasteiger partial charge in [0.1, 0.15) is 0 Å². The van der Waals surface area contributed by atoms with Gasteiger partial charge >= 0.3 is 0 Å². The molecule has 6 heteroatoms. The molecular weight excluding hydrogens is 204 g/mol. The maximum Gasteiger partial charge on any atom is 0.250 e. The van der Waals surface area contributed by atoms with Crippen LogP contribution in [0.25, 0.3) is 0 Å². The van der Waals surface area contributed by atoms with Gasteiger partial charge in [0.2, 0.25) is 10.0 Å². The van der Waals surface area contributed by atoms with Crippen LogP contribution in [0.2, 0.25) is 0 Å². The Labute approximate surface area is 84.3 Å². The molecule has 2 unspecified atom stereocenters. The molecule has 0 saturated carbocycles. The topological polar surface area (TPSA) is 75.3 Å². The van der Waals surface area contributed by atoms with Crippen LogP contribution in [0.1, 0.15) is 20.3 Å². The summed E-state index contributed by atoms with van der Waals surface area (Å²) in [5.41, 5.74) is 0. The van der Waals surface area contributed by atoms with E-state index in [4.69, 9.17) is 0 Å². The zero-order valence-electron chi connectivity index (χ0n) is 8.41. The minimum atomic E-state index is -3.42. The molecule has 1 aliphatic rings. The quantitative estimate of drug-likeness (QED) is 0.669. The molecule has 1 fully saturated rings. The molecule has 0 aliphatic carbocycles. The van der Waals surface area contributed by atoms with E-state index in [0.29, 0.717) is 0 Å². The van der Waals surface area contributed by atoms with E-state index >= 15 is 0 Å². The van der Waals surface area contributed by atoms with Gasteiger partial charge in [-0.25, -0.2) is 8.42 Å². The van der Waals surface area contributed by atoms with Gasteiger partial charge in [-0.15, -0.1) is 0 Å². The summed E-state index contributed by atoms with van der Waals surface area (Å²) in [7, 11) is -3.42. The molecule has 14 heavy (non-hydrogen) atoms. The molecule has 1 saturated heterocycles. The van der Waals surface area contributed by atoms with Crippen LogP contribution in [-0.2, 0) is 14.8 Å². The normalized spacial score (nSPS) is 27.6. The molecule has 2 N–H and O–H groups in total. The van der Waals surface area contributed by atoms with Gasteiger partial charge in [0.05, 0.1) is 11.8 Å². The molecule has 0 aromatic carbocycles. The van der Waals surface area contributed by atoms with Gasteiger partial charge in [-0.05, 0) is 25.8 Å². The molecule has 1 rings (SSSR count). The zero-order valence-corrected chi connectivity index (χ0v) is 9.23. The highest BCUT2D eigenvalue weighted by atomic mass is 32.2. The van der Waals surface area contributed by atoms with Gasteiger partial charge in [-0.2, -0.15) is 0 Å². The summed E-state index contributed by atoms with van der Waals surface area (Å²) in [5.74, 6) is -0.307. The fraction of sp³-hybridized carbons (Fsp3) is 0.875. The number of amides is 1. The SMILES string of the molecule is CCS(=O)(=O)NC(=O)C1NCCC1C. The Morgan fingerprint density at radius 2 is 2.21 bits per heavy atom. The Hall–Kier alpha value is -0.620. The Balaban J connectivity index is 2.58. The molecule has 2 atom stereocenters. The van der Waals surface area contributed by atoms with Crippen LogP contribution in [0.5, 0.6) is 0 Å². The summed E-state index contributed by atoms with van der Waals surface area (Å²) in [6.07, 6.45) is 0.907. The first kappa shape index (κ1) is 11.5. The third-order valence-electron chi connectivity index (χ3n) is 2.45. The Bertz CT molecular complexity index is 313. The molecule has 0 aromatic rings. The predicted octanol–water partition coefficient (Wildman–Crippen LogP) is -0.550. The first-order valence-corrected chi connectivity index (χ1v) is 6.39. The summed E-state index contributed by atoms with van der Waals surface area (Å²) in [5, 5.41) is 2.98. The van der Waals surface area contributed by atoms with E-state index < -0.39 is 15.9 Å². The second kappa shape index (κ2) is 4.27. The van der Waals surface area contributed by atoms with Crippen LogP contribution in [0, 0.1) is 5.92 Å². The minimum absolute atomic E-state index is 0.0696. The second-order valence-electron chi connectivity index (χ2n) is 3.57. The van der Waals surface area contributed by atoms with E-state index in [2.05, 4.69) is 5.32 Å². The van der Waals surface area contributed by atoms with Crippen molar-refractivity contribution in [2.75, 3.05) is 12.3 Å². The third kappa shape index (κ3) is 2.68. The maximum absolute atomic E-state index is 11.5. The van der Waals surface area contributed by atoms with Gasteiger partial charge < -0.3 is 5.32 Å². The third-order valence-corrected chi connectivity index (χ3v) is 3.72. The molecular formula is C8H16N2O3S. The zero-order chi connectivity index (χ0) is 10.8. The Kier molecular flexibility index (Phi) is 3.49. The first-order valence-electron chi connectivity index (χ1n) is 4.74. The fourth-order valence-corrected chi connectivity index (χ4v) is 2.05. The molecule has 0 radical (unpaired) electrons. The lowest BCUT2D eigenvalue weighted by molar-refractivity contribution is -0.121. The van der Waals surface area contributed by atoms with E-state index in [9.17, 15) is 13.2 Å². The monoisotopic (exact) mass is 220 g/mol. The van der Waals surface area contributed by atoms with Crippen molar-refractivity contribution in [3.63, 3.8) is 0 Å². The molecule has 0 aromatic heterocycles. The Morgan fingerprint density at radius 1 is 1.57 bits per heavy atom.